The van der Waals surface area contributed by atoms with Gasteiger partial charge in [0.25, 0.3) is 0 Å². The Balaban J connectivity index is 2.85. The van der Waals surface area contributed by atoms with Crippen LogP contribution < -0.4 is 0 Å². The number of benzene rings is 1. The Morgan fingerprint density at radius 3 is 2.15 bits per heavy atom. The van der Waals surface area contributed by atoms with Gasteiger partial charge in [0.1, 0.15) is 6.26 Å². The first-order valence-corrected chi connectivity index (χ1v) is 5.97. The van der Waals surface area contributed by atoms with E-state index in [1.54, 1.807) is 7.11 Å². The van der Waals surface area contributed by atoms with Crippen LogP contribution in [0.5, 0.6) is 0 Å². The summed E-state index contributed by atoms with van der Waals surface area (Å²) in [6.45, 7) is 4.26. The largest absolute Gasteiger partial charge is 0.335 e. The Morgan fingerprint density at radius 1 is 1.15 bits per heavy atom. The second-order valence-electron chi connectivity index (χ2n) is 3.43. The molecule has 0 saturated carbocycles. The summed E-state index contributed by atoms with van der Waals surface area (Å²) >= 11 is 0. The fourth-order valence-electron chi connectivity index (χ4n) is 1.03. The smallest absolute Gasteiger partial charge is 0.227 e. The second kappa shape index (κ2) is 4.16. The zero-order valence-corrected chi connectivity index (χ0v) is 9.52. The van der Waals surface area contributed by atoms with E-state index in [-0.39, 0.29) is 15.8 Å². The molecule has 0 aromatic heterocycles. The Labute approximate surface area is 83.5 Å². The molecule has 0 amide bonds. The van der Waals surface area contributed by atoms with E-state index in [0.29, 0.717) is 0 Å². The van der Waals surface area contributed by atoms with Crippen LogP contribution in [0, 0.1) is 0 Å². The van der Waals surface area contributed by atoms with Crippen LogP contribution in [0.15, 0.2) is 35.2 Å². The summed E-state index contributed by atoms with van der Waals surface area (Å²) in [4.78, 5) is 1.29. The van der Waals surface area contributed by atoms with Crippen molar-refractivity contribution in [1.29, 1.82) is 0 Å². The van der Waals surface area contributed by atoms with Crippen molar-refractivity contribution in [3.05, 3.63) is 30.3 Å². The average Bonchev–Trinajstić information content (AvgIpc) is 2.18. The maximum atomic E-state index is 5.47. The van der Waals surface area contributed by atoms with Crippen LogP contribution in [0.3, 0.4) is 0 Å². The first-order chi connectivity index (χ1) is 6.08. The molecule has 1 atom stereocenters. The van der Waals surface area contributed by atoms with Crippen LogP contribution in [0.1, 0.15) is 13.8 Å². The highest BCUT2D eigenvalue weighted by Gasteiger charge is 2.36. The first-order valence-electron chi connectivity index (χ1n) is 4.34. The van der Waals surface area contributed by atoms with Crippen molar-refractivity contribution in [3.63, 3.8) is 0 Å². The molecule has 72 valence electrons. The molecule has 1 rings (SSSR count). The van der Waals surface area contributed by atoms with Crippen molar-refractivity contribution >= 4 is 10.9 Å². The Hall–Kier alpha value is -0.470. The van der Waals surface area contributed by atoms with E-state index in [9.17, 15) is 0 Å². The van der Waals surface area contributed by atoms with Gasteiger partial charge < -0.3 is 4.74 Å². The van der Waals surface area contributed by atoms with Gasteiger partial charge in [0.05, 0.1) is 10.9 Å². The van der Waals surface area contributed by atoms with Crippen LogP contribution in [-0.2, 0) is 15.6 Å². The molecule has 0 radical (unpaired) electrons. The van der Waals surface area contributed by atoms with Gasteiger partial charge in [-0.25, -0.2) is 0 Å². The van der Waals surface area contributed by atoms with E-state index in [1.807, 2.05) is 6.07 Å². The van der Waals surface area contributed by atoms with Gasteiger partial charge in [0.15, 0.2) is 4.90 Å². The zero-order chi connectivity index (χ0) is 9.90. The van der Waals surface area contributed by atoms with Crippen molar-refractivity contribution in [2.45, 2.75) is 23.7 Å². The number of ether oxygens (including phenoxy) is 1. The third kappa shape index (κ3) is 2.48. The third-order valence-corrected chi connectivity index (χ3v) is 4.95. The maximum absolute atomic E-state index is 5.47. The molecule has 0 bridgehead atoms. The van der Waals surface area contributed by atoms with Crippen molar-refractivity contribution in [3.8, 4) is 0 Å². The topological polar surface area (TPSA) is 9.23 Å². The molecule has 13 heavy (non-hydrogen) atoms. The number of rotatable bonds is 3. The van der Waals surface area contributed by atoms with Gasteiger partial charge in [0, 0.05) is 21.0 Å². The quantitative estimate of drug-likeness (QED) is 0.677. The highest BCUT2D eigenvalue weighted by Crippen LogP contribution is 2.25. The van der Waals surface area contributed by atoms with Gasteiger partial charge in [-0.1, -0.05) is 18.2 Å². The third-order valence-electron chi connectivity index (χ3n) is 2.33. The molecule has 1 nitrogen and oxygen atoms in total. The summed E-state index contributed by atoms with van der Waals surface area (Å²) in [6.07, 6.45) is 2.22. The normalized spacial score (nSPS) is 14.2. The molecule has 0 saturated heterocycles. The lowest BCUT2D eigenvalue weighted by atomic mass is 10.4. The Bertz CT molecular complexity index is 256. The van der Waals surface area contributed by atoms with Gasteiger partial charge in [-0.2, -0.15) is 0 Å². The Morgan fingerprint density at radius 2 is 1.69 bits per heavy atom. The van der Waals surface area contributed by atoms with Crippen LogP contribution in [-0.4, -0.2) is 18.3 Å². The van der Waals surface area contributed by atoms with Crippen molar-refractivity contribution < 1.29 is 4.74 Å². The highest BCUT2D eigenvalue weighted by molar-refractivity contribution is 7.97. The average molecular weight is 197 g/mol. The molecule has 1 aromatic rings. The van der Waals surface area contributed by atoms with E-state index in [0.717, 1.165) is 0 Å². The molecule has 1 unspecified atom stereocenters. The minimum Gasteiger partial charge on any atom is -0.335 e. The summed E-state index contributed by atoms with van der Waals surface area (Å²) in [7, 11) is 1.90. The van der Waals surface area contributed by atoms with Crippen LogP contribution >= 0.6 is 0 Å². The molecule has 1 aromatic carbocycles. The predicted molar refractivity (Wildman–Crippen MR) is 59.1 cm³/mol. The lowest BCUT2D eigenvalue weighted by Gasteiger charge is -2.20. The molecule has 0 N–H and O–H groups in total. The second-order valence-corrected chi connectivity index (χ2v) is 5.90. The van der Waals surface area contributed by atoms with E-state index in [2.05, 4.69) is 44.4 Å². The molecule has 0 aliphatic rings. The lowest BCUT2D eigenvalue weighted by molar-refractivity contribution is 0.100. The fourth-order valence-corrected chi connectivity index (χ4v) is 2.42. The highest BCUT2D eigenvalue weighted by atomic mass is 32.2. The molecule has 0 fully saturated rings. The zero-order valence-electron chi connectivity index (χ0n) is 8.70. The number of methoxy groups -OCH3 is 1. The minimum absolute atomic E-state index is 0.0681. The van der Waals surface area contributed by atoms with Gasteiger partial charge in [-0.05, 0) is 12.1 Å². The van der Waals surface area contributed by atoms with Gasteiger partial charge in [0.2, 0.25) is 4.93 Å². The minimum atomic E-state index is -0.0681. The predicted octanol–water partition coefficient (Wildman–Crippen LogP) is 2.68. The molecule has 0 aliphatic carbocycles. The summed E-state index contributed by atoms with van der Waals surface area (Å²) < 4.78 is 5.47. The SMILES string of the molecule is COC(C)(C)[S+](C)c1ccccc1. The molecular weight excluding hydrogens is 180 g/mol. The summed E-state index contributed by atoms with van der Waals surface area (Å²) in [5.74, 6) is 0. The van der Waals surface area contributed by atoms with Crippen molar-refractivity contribution in [1.82, 2.24) is 0 Å². The van der Waals surface area contributed by atoms with Crippen LogP contribution in [0.4, 0.5) is 0 Å². The Kier molecular flexibility index (Phi) is 3.40. The van der Waals surface area contributed by atoms with E-state index >= 15 is 0 Å². The van der Waals surface area contributed by atoms with Crippen molar-refractivity contribution in [2.24, 2.45) is 0 Å². The summed E-state index contributed by atoms with van der Waals surface area (Å²) in [5.41, 5.74) is 0. The molecular formula is C11H17OS+. The first kappa shape index (κ1) is 10.6. The van der Waals surface area contributed by atoms with E-state index < -0.39 is 0 Å². The standard InChI is InChI=1S/C11H17OS/c1-11(2,12-3)13(4)10-8-6-5-7-9-10/h5-9H,1-4H3/q+1. The molecule has 0 aliphatic heterocycles. The van der Waals surface area contributed by atoms with E-state index in [1.165, 1.54) is 4.90 Å². The fraction of sp³-hybridized carbons (Fsp3) is 0.455. The van der Waals surface area contributed by atoms with Gasteiger partial charge in [-0.15, -0.1) is 0 Å². The number of hydrogen-bond acceptors (Lipinski definition) is 1. The van der Waals surface area contributed by atoms with Crippen molar-refractivity contribution in [2.75, 3.05) is 13.4 Å². The molecule has 0 heterocycles. The lowest BCUT2D eigenvalue weighted by Crippen LogP contribution is -2.33. The van der Waals surface area contributed by atoms with Gasteiger partial charge in [-0.3, -0.25) is 0 Å². The van der Waals surface area contributed by atoms with E-state index in [4.69, 9.17) is 4.74 Å². The number of hydrogen-bond donors (Lipinski definition) is 0. The summed E-state index contributed by atoms with van der Waals surface area (Å²) in [5, 5.41) is 0. The molecule has 0 spiro atoms. The summed E-state index contributed by atoms with van der Waals surface area (Å²) in [6, 6.07) is 10.5. The van der Waals surface area contributed by atoms with Crippen LogP contribution in [0.2, 0.25) is 0 Å². The van der Waals surface area contributed by atoms with Crippen LogP contribution in [0.25, 0.3) is 0 Å². The van der Waals surface area contributed by atoms with Gasteiger partial charge >= 0.3 is 0 Å². The maximum Gasteiger partial charge on any atom is 0.227 e. The monoisotopic (exact) mass is 197 g/mol. The molecule has 2 heteroatoms.